The topological polar surface area (TPSA) is 20.2 Å². The lowest BCUT2D eigenvalue weighted by molar-refractivity contribution is -0.138. The van der Waals surface area contributed by atoms with Crippen molar-refractivity contribution < 1.29 is 18.3 Å². The lowest BCUT2D eigenvalue weighted by atomic mass is 9.80. The summed E-state index contributed by atoms with van der Waals surface area (Å²) in [4.78, 5) is 0. The van der Waals surface area contributed by atoms with Crippen LogP contribution in [0.15, 0.2) is 24.3 Å². The largest absolute Gasteiger partial charge is 0.416 e. The van der Waals surface area contributed by atoms with Gasteiger partial charge in [-0.15, -0.1) is 0 Å². The van der Waals surface area contributed by atoms with Crippen LogP contribution in [0.2, 0.25) is 0 Å². The molecular weight excluding hydrogens is 229 g/mol. The Hall–Kier alpha value is -1.03. The quantitative estimate of drug-likeness (QED) is 0.798. The van der Waals surface area contributed by atoms with Crippen LogP contribution in [0, 0.1) is 0 Å². The SMILES string of the molecule is OC1CCCCC1c1ccccc1C(F)(F)F. The number of benzene rings is 1. The molecule has 0 aromatic heterocycles. The monoisotopic (exact) mass is 244 g/mol. The molecule has 0 spiro atoms. The fraction of sp³-hybridized carbons (Fsp3) is 0.538. The minimum atomic E-state index is -4.34. The van der Waals surface area contributed by atoms with E-state index in [0.29, 0.717) is 12.8 Å². The maximum atomic E-state index is 12.8. The van der Waals surface area contributed by atoms with Crippen LogP contribution in [-0.2, 0) is 6.18 Å². The van der Waals surface area contributed by atoms with Crippen LogP contribution in [0.25, 0.3) is 0 Å². The van der Waals surface area contributed by atoms with Gasteiger partial charge in [-0.2, -0.15) is 13.2 Å². The Balaban J connectivity index is 2.37. The van der Waals surface area contributed by atoms with Crippen molar-refractivity contribution in [3.8, 4) is 0 Å². The highest BCUT2D eigenvalue weighted by atomic mass is 19.4. The van der Waals surface area contributed by atoms with E-state index in [1.54, 1.807) is 6.07 Å². The first-order valence-corrected chi connectivity index (χ1v) is 5.84. The Labute approximate surface area is 98.3 Å². The summed E-state index contributed by atoms with van der Waals surface area (Å²) in [5.41, 5.74) is -0.363. The average Bonchev–Trinajstić information content (AvgIpc) is 2.28. The fourth-order valence-corrected chi connectivity index (χ4v) is 2.55. The van der Waals surface area contributed by atoms with Gasteiger partial charge in [0.05, 0.1) is 11.7 Å². The van der Waals surface area contributed by atoms with Crippen molar-refractivity contribution in [2.24, 2.45) is 0 Å². The van der Waals surface area contributed by atoms with E-state index in [9.17, 15) is 18.3 Å². The van der Waals surface area contributed by atoms with E-state index in [1.807, 2.05) is 0 Å². The molecule has 0 amide bonds. The Morgan fingerprint density at radius 1 is 1.06 bits per heavy atom. The lowest BCUT2D eigenvalue weighted by Crippen LogP contribution is -2.25. The van der Waals surface area contributed by atoms with Gasteiger partial charge >= 0.3 is 6.18 Å². The first-order chi connectivity index (χ1) is 8.00. The molecule has 0 aliphatic heterocycles. The van der Waals surface area contributed by atoms with E-state index >= 15 is 0 Å². The van der Waals surface area contributed by atoms with E-state index < -0.39 is 17.8 Å². The highest BCUT2D eigenvalue weighted by Crippen LogP contribution is 2.40. The predicted octanol–water partition coefficient (Wildman–Crippen LogP) is 3.72. The zero-order valence-corrected chi connectivity index (χ0v) is 9.37. The molecule has 0 bridgehead atoms. The summed E-state index contributed by atoms with van der Waals surface area (Å²) in [6, 6.07) is 5.58. The third-order valence-electron chi connectivity index (χ3n) is 3.40. The van der Waals surface area contributed by atoms with Gasteiger partial charge in [0.25, 0.3) is 0 Å². The maximum absolute atomic E-state index is 12.8. The van der Waals surface area contributed by atoms with E-state index in [2.05, 4.69) is 0 Å². The fourth-order valence-electron chi connectivity index (χ4n) is 2.55. The molecule has 2 unspecified atom stereocenters. The van der Waals surface area contributed by atoms with Crippen LogP contribution >= 0.6 is 0 Å². The molecule has 1 aliphatic carbocycles. The minimum Gasteiger partial charge on any atom is -0.392 e. The Kier molecular flexibility index (Phi) is 3.43. The molecule has 17 heavy (non-hydrogen) atoms. The third-order valence-corrected chi connectivity index (χ3v) is 3.40. The summed E-state index contributed by atoms with van der Waals surface area (Å²) in [6.07, 6.45) is -1.98. The molecule has 1 aromatic carbocycles. The normalized spacial score (nSPS) is 25.9. The van der Waals surface area contributed by atoms with Crippen molar-refractivity contribution in [1.29, 1.82) is 0 Å². The van der Waals surface area contributed by atoms with Gasteiger partial charge in [-0.1, -0.05) is 31.0 Å². The molecule has 0 saturated heterocycles. The summed E-state index contributed by atoms with van der Waals surface area (Å²) < 4.78 is 38.5. The molecule has 1 aliphatic rings. The number of aliphatic hydroxyl groups is 1. The van der Waals surface area contributed by atoms with E-state index in [4.69, 9.17) is 0 Å². The molecule has 0 radical (unpaired) electrons. The summed E-state index contributed by atoms with van der Waals surface area (Å²) in [5, 5.41) is 9.85. The number of halogens is 3. The van der Waals surface area contributed by atoms with Gasteiger partial charge in [0, 0.05) is 5.92 Å². The van der Waals surface area contributed by atoms with Crippen LogP contribution < -0.4 is 0 Å². The van der Waals surface area contributed by atoms with Gasteiger partial charge in [-0.05, 0) is 24.5 Å². The number of hydrogen-bond acceptors (Lipinski definition) is 1. The van der Waals surface area contributed by atoms with Gasteiger partial charge in [-0.3, -0.25) is 0 Å². The van der Waals surface area contributed by atoms with Crippen molar-refractivity contribution in [3.05, 3.63) is 35.4 Å². The highest BCUT2D eigenvalue weighted by molar-refractivity contribution is 5.33. The Morgan fingerprint density at radius 3 is 2.35 bits per heavy atom. The second kappa shape index (κ2) is 4.69. The lowest BCUT2D eigenvalue weighted by Gasteiger charge is -2.29. The molecule has 1 fully saturated rings. The molecule has 1 N–H and O–H groups in total. The first-order valence-electron chi connectivity index (χ1n) is 5.84. The first kappa shape index (κ1) is 12.4. The summed E-state index contributed by atoms with van der Waals surface area (Å²) in [5.74, 6) is -0.374. The van der Waals surface area contributed by atoms with Gasteiger partial charge in [-0.25, -0.2) is 0 Å². The zero-order valence-electron chi connectivity index (χ0n) is 9.37. The standard InChI is InChI=1S/C13H15F3O/c14-13(15,16)11-7-3-1-5-9(11)10-6-2-4-8-12(10)17/h1,3,5,7,10,12,17H,2,4,6,8H2. The number of hydrogen-bond donors (Lipinski definition) is 1. The van der Waals surface area contributed by atoms with E-state index in [0.717, 1.165) is 18.9 Å². The zero-order chi connectivity index (χ0) is 12.5. The second-order valence-corrected chi connectivity index (χ2v) is 4.54. The van der Waals surface area contributed by atoms with Crippen LogP contribution in [0.5, 0.6) is 0 Å². The van der Waals surface area contributed by atoms with Gasteiger partial charge < -0.3 is 5.11 Å². The predicted molar refractivity (Wildman–Crippen MR) is 58.7 cm³/mol. The molecule has 2 atom stereocenters. The summed E-state index contributed by atoms with van der Waals surface area (Å²) in [7, 11) is 0. The van der Waals surface area contributed by atoms with Crippen molar-refractivity contribution in [2.45, 2.75) is 43.9 Å². The molecule has 1 nitrogen and oxygen atoms in total. The molecular formula is C13H15F3O. The van der Waals surface area contributed by atoms with Crippen LogP contribution in [0.4, 0.5) is 13.2 Å². The summed E-state index contributed by atoms with van der Waals surface area (Å²) >= 11 is 0. The second-order valence-electron chi connectivity index (χ2n) is 4.54. The molecule has 2 rings (SSSR count). The number of aliphatic hydroxyl groups excluding tert-OH is 1. The molecule has 1 aromatic rings. The van der Waals surface area contributed by atoms with Gasteiger partial charge in [0.15, 0.2) is 0 Å². The summed E-state index contributed by atoms with van der Waals surface area (Å²) in [6.45, 7) is 0. The smallest absolute Gasteiger partial charge is 0.392 e. The van der Waals surface area contributed by atoms with Crippen molar-refractivity contribution in [1.82, 2.24) is 0 Å². The Bertz CT molecular complexity index is 386. The van der Waals surface area contributed by atoms with Crippen molar-refractivity contribution in [2.75, 3.05) is 0 Å². The van der Waals surface area contributed by atoms with Crippen LogP contribution in [0.1, 0.15) is 42.7 Å². The van der Waals surface area contributed by atoms with E-state index in [1.165, 1.54) is 12.1 Å². The van der Waals surface area contributed by atoms with Crippen molar-refractivity contribution >= 4 is 0 Å². The van der Waals surface area contributed by atoms with Gasteiger partial charge in [0.2, 0.25) is 0 Å². The molecule has 4 heteroatoms. The molecule has 0 heterocycles. The van der Waals surface area contributed by atoms with Crippen LogP contribution in [0.3, 0.4) is 0 Å². The highest BCUT2D eigenvalue weighted by Gasteiger charge is 2.37. The van der Waals surface area contributed by atoms with Crippen molar-refractivity contribution in [3.63, 3.8) is 0 Å². The third kappa shape index (κ3) is 2.63. The Morgan fingerprint density at radius 2 is 1.71 bits per heavy atom. The molecule has 94 valence electrons. The van der Waals surface area contributed by atoms with E-state index in [-0.39, 0.29) is 11.5 Å². The van der Waals surface area contributed by atoms with Crippen LogP contribution in [-0.4, -0.2) is 11.2 Å². The molecule has 1 saturated carbocycles. The number of rotatable bonds is 1. The van der Waals surface area contributed by atoms with Gasteiger partial charge in [0.1, 0.15) is 0 Å². The number of alkyl halides is 3. The average molecular weight is 244 g/mol. The maximum Gasteiger partial charge on any atom is 0.416 e. The minimum absolute atomic E-state index is 0.243.